The lowest BCUT2D eigenvalue weighted by molar-refractivity contribution is -0.130. The summed E-state index contributed by atoms with van der Waals surface area (Å²) in [6.07, 6.45) is 11.4. The molecule has 0 bridgehead atoms. The van der Waals surface area contributed by atoms with Crippen LogP contribution < -0.4 is 20.1 Å². The summed E-state index contributed by atoms with van der Waals surface area (Å²) in [5.74, 6) is 2.18. The van der Waals surface area contributed by atoms with Gasteiger partial charge in [-0.1, -0.05) is 44.7 Å². The number of sulfonamides is 1. The number of carbonyl (C=O) groups excluding carboxylic acids is 1. The summed E-state index contributed by atoms with van der Waals surface area (Å²) in [7, 11) is -3.31. The zero-order valence-corrected chi connectivity index (χ0v) is 24.9. The number of nitrogens with zero attached hydrogens (tertiary/aromatic N) is 1. The van der Waals surface area contributed by atoms with E-state index in [2.05, 4.69) is 39.3 Å². The predicted molar refractivity (Wildman–Crippen MR) is 161 cm³/mol. The van der Waals surface area contributed by atoms with Gasteiger partial charge in [-0.15, -0.1) is 0 Å². The van der Waals surface area contributed by atoms with Crippen molar-refractivity contribution in [2.24, 2.45) is 5.92 Å². The number of likely N-dealkylation sites (tertiary alicyclic amines) is 1. The zero-order chi connectivity index (χ0) is 28.4. The standard InChI is InChI=1S/C31H46N4O4S/c1-3-4-20-33-31(30(36)32-23-25-8-6-5-7-9-25)18-21-35(22-19-31)24-26-10-14-28(15-11-26)39-29-16-12-27(13-17-29)34-40(2,37)38/h10-17,25,33-34H,3-9,18-24H2,1-2H3,(H,32,36). The number of rotatable bonds is 13. The van der Waals surface area contributed by atoms with Crippen LogP contribution in [0.1, 0.15) is 70.3 Å². The lowest BCUT2D eigenvalue weighted by atomic mass is 9.85. The van der Waals surface area contributed by atoms with Crippen molar-refractivity contribution in [1.29, 1.82) is 0 Å². The van der Waals surface area contributed by atoms with E-state index in [0.29, 0.717) is 17.4 Å². The van der Waals surface area contributed by atoms with Crippen LogP contribution in [0.4, 0.5) is 5.69 Å². The number of nitrogens with one attached hydrogen (secondary N) is 3. The molecule has 1 saturated carbocycles. The first-order valence-electron chi connectivity index (χ1n) is 14.8. The third-order valence-corrected chi connectivity index (χ3v) is 8.74. The largest absolute Gasteiger partial charge is 0.457 e. The van der Waals surface area contributed by atoms with Crippen LogP contribution in [0.3, 0.4) is 0 Å². The van der Waals surface area contributed by atoms with Crippen LogP contribution in [0, 0.1) is 5.92 Å². The molecule has 3 N–H and O–H groups in total. The molecule has 2 aromatic rings. The van der Waals surface area contributed by atoms with Crippen molar-refractivity contribution >= 4 is 21.6 Å². The van der Waals surface area contributed by atoms with E-state index in [1.807, 2.05) is 12.1 Å². The molecule has 1 heterocycles. The van der Waals surface area contributed by atoms with E-state index in [9.17, 15) is 13.2 Å². The van der Waals surface area contributed by atoms with Crippen LogP contribution in [-0.2, 0) is 21.4 Å². The SMILES string of the molecule is CCCCNC1(C(=O)NCC2CCCCC2)CCN(Cc2ccc(Oc3ccc(NS(C)(=O)=O)cc3)cc2)CC1. The van der Waals surface area contributed by atoms with Crippen molar-refractivity contribution < 1.29 is 17.9 Å². The van der Waals surface area contributed by atoms with E-state index in [-0.39, 0.29) is 5.91 Å². The number of ether oxygens (including phenoxy) is 1. The topological polar surface area (TPSA) is 99.8 Å². The number of hydrogen-bond acceptors (Lipinski definition) is 6. The van der Waals surface area contributed by atoms with Gasteiger partial charge in [0.15, 0.2) is 0 Å². The maximum Gasteiger partial charge on any atom is 0.240 e. The van der Waals surface area contributed by atoms with Gasteiger partial charge in [0.25, 0.3) is 0 Å². The van der Waals surface area contributed by atoms with Crippen molar-refractivity contribution in [2.75, 3.05) is 37.2 Å². The Morgan fingerprint density at radius 3 is 2.20 bits per heavy atom. The molecule has 0 atom stereocenters. The van der Waals surface area contributed by atoms with E-state index in [1.54, 1.807) is 24.3 Å². The molecule has 2 fully saturated rings. The molecule has 0 aromatic heterocycles. The molecule has 220 valence electrons. The number of amides is 1. The smallest absolute Gasteiger partial charge is 0.240 e. The van der Waals surface area contributed by atoms with Crippen LogP contribution in [0.15, 0.2) is 48.5 Å². The summed E-state index contributed by atoms with van der Waals surface area (Å²) < 4.78 is 31.1. The van der Waals surface area contributed by atoms with Crippen molar-refractivity contribution in [3.05, 3.63) is 54.1 Å². The van der Waals surface area contributed by atoms with Crippen LogP contribution >= 0.6 is 0 Å². The van der Waals surface area contributed by atoms with Gasteiger partial charge in [-0.05, 0) is 86.5 Å². The Morgan fingerprint density at radius 1 is 0.975 bits per heavy atom. The summed E-state index contributed by atoms with van der Waals surface area (Å²) in [6, 6.07) is 14.9. The molecule has 1 aliphatic carbocycles. The molecule has 1 amide bonds. The summed E-state index contributed by atoms with van der Waals surface area (Å²) in [4.78, 5) is 15.9. The van der Waals surface area contributed by atoms with Crippen molar-refractivity contribution in [2.45, 2.75) is 76.8 Å². The fourth-order valence-electron chi connectivity index (χ4n) is 5.74. The van der Waals surface area contributed by atoms with E-state index in [1.165, 1.54) is 37.7 Å². The molecule has 0 unspecified atom stereocenters. The van der Waals surface area contributed by atoms with E-state index in [0.717, 1.165) is 70.4 Å². The van der Waals surface area contributed by atoms with Crippen molar-refractivity contribution in [3.63, 3.8) is 0 Å². The molecule has 1 saturated heterocycles. The van der Waals surface area contributed by atoms with Crippen LogP contribution in [-0.4, -0.2) is 57.2 Å². The maximum absolute atomic E-state index is 13.5. The highest BCUT2D eigenvalue weighted by Crippen LogP contribution is 2.28. The minimum Gasteiger partial charge on any atom is -0.457 e. The molecule has 9 heteroatoms. The fraction of sp³-hybridized carbons (Fsp3) is 0.581. The van der Waals surface area contributed by atoms with Gasteiger partial charge in [0.05, 0.1) is 6.26 Å². The molecular weight excluding hydrogens is 524 g/mol. The minimum atomic E-state index is -3.31. The van der Waals surface area contributed by atoms with E-state index >= 15 is 0 Å². The van der Waals surface area contributed by atoms with Gasteiger partial charge in [0.2, 0.25) is 15.9 Å². The Balaban J connectivity index is 1.28. The highest BCUT2D eigenvalue weighted by atomic mass is 32.2. The molecule has 2 aromatic carbocycles. The summed E-state index contributed by atoms with van der Waals surface area (Å²) >= 11 is 0. The van der Waals surface area contributed by atoms with Crippen LogP contribution in [0.2, 0.25) is 0 Å². The second-order valence-electron chi connectivity index (χ2n) is 11.5. The predicted octanol–water partition coefficient (Wildman–Crippen LogP) is 5.27. The number of carbonyl (C=O) groups is 1. The molecule has 2 aliphatic rings. The third kappa shape index (κ3) is 9.21. The highest BCUT2D eigenvalue weighted by molar-refractivity contribution is 7.92. The van der Waals surface area contributed by atoms with E-state index < -0.39 is 15.6 Å². The molecule has 1 aliphatic heterocycles. The second kappa shape index (κ2) is 14.3. The Bertz CT molecular complexity index is 1170. The molecule has 8 nitrogen and oxygen atoms in total. The molecular formula is C31H46N4O4S. The van der Waals surface area contributed by atoms with Crippen LogP contribution in [0.5, 0.6) is 11.5 Å². The number of piperidine rings is 1. The van der Waals surface area contributed by atoms with Crippen molar-refractivity contribution in [3.8, 4) is 11.5 Å². The first-order chi connectivity index (χ1) is 19.2. The van der Waals surface area contributed by atoms with Gasteiger partial charge in [-0.2, -0.15) is 0 Å². The van der Waals surface area contributed by atoms with Gasteiger partial charge in [0.1, 0.15) is 17.0 Å². The first kappa shape index (κ1) is 30.3. The quantitative estimate of drug-likeness (QED) is 0.284. The molecule has 0 radical (unpaired) electrons. The Labute approximate surface area is 240 Å². The van der Waals surface area contributed by atoms with Gasteiger partial charge in [0, 0.05) is 31.9 Å². The number of benzene rings is 2. The molecule has 0 spiro atoms. The average Bonchev–Trinajstić information content (AvgIpc) is 2.95. The van der Waals surface area contributed by atoms with Gasteiger partial charge >= 0.3 is 0 Å². The Kier molecular flexibility index (Phi) is 10.9. The number of unbranched alkanes of at least 4 members (excludes halogenated alkanes) is 1. The van der Waals surface area contributed by atoms with Gasteiger partial charge in [-0.25, -0.2) is 8.42 Å². The molecule has 4 rings (SSSR count). The lowest BCUT2D eigenvalue weighted by Crippen LogP contribution is -2.62. The fourth-order valence-corrected chi connectivity index (χ4v) is 6.31. The monoisotopic (exact) mass is 570 g/mol. The van der Waals surface area contributed by atoms with Crippen LogP contribution in [0.25, 0.3) is 0 Å². The Hall–Kier alpha value is -2.62. The molecule has 40 heavy (non-hydrogen) atoms. The number of anilines is 1. The average molecular weight is 571 g/mol. The normalized spacial score (nSPS) is 18.2. The summed E-state index contributed by atoms with van der Waals surface area (Å²) in [5.41, 5.74) is 1.23. The highest BCUT2D eigenvalue weighted by Gasteiger charge is 2.40. The van der Waals surface area contributed by atoms with E-state index in [4.69, 9.17) is 4.74 Å². The Morgan fingerprint density at radius 2 is 1.60 bits per heavy atom. The lowest BCUT2D eigenvalue weighted by Gasteiger charge is -2.41. The maximum atomic E-state index is 13.5. The number of hydrogen-bond donors (Lipinski definition) is 3. The first-order valence-corrected chi connectivity index (χ1v) is 16.7. The van der Waals surface area contributed by atoms with Crippen molar-refractivity contribution in [1.82, 2.24) is 15.5 Å². The van der Waals surface area contributed by atoms with Gasteiger partial charge < -0.3 is 15.4 Å². The third-order valence-electron chi connectivity index (χ3n) is 8.14. The summed E-state index contributed by atoms with van der Waals surface area (Å²) in [5, 5.41) is 6.99. The zero-order valence-electron chi connectivity index (χ0n) is 24.1. The second-order valence-corrected chi connectivity index (χ2v) is 13.2. The summed E-state index contributed by atoms with van der Waals surface area (Å²) in [6.45, 7) is 6.47. The minimum absolute atomic E-state index is 0.190. The van der Waals surface area contributed by atoms with Gasteiger partial charge in [-0.3, -0.25) is 14.4 Å².